The van der Waals surface area contributed by atoms with Gasteiger partial charge in [0.1, 0.15) is 10.7 Å². The van der Waals surface area contributed by atoms with Crippen LogP contribution in [0, 0.1) is 11.3 Å². The number of hydrogen-bond donors (Lipinski definition) is 2. The molecule has 2 fully saturated rings. The molecule has 1 aromatic heterocycles. The monoisotopic (exact) mass is 396 g/mol. The predicted molar refractivity (Wildman–Crippen MR) is 112 cm³/mol. The summed E-state index contributed by atoms with van der Waals surface area (Å²) in [5.41, 5.74) is 10.3. The van der Waals surface area contributed by atoms with Crippen LogP contribution in [-0.4, -0.2) is 33.9 Å². The van der Waals surface area contributed by atoms with Crippen molar-refractivity contribution >= 4 is 17.6 Å². The van der Waals surface area contributed by atoms with Gasteiger partial charge in [0, 0.05) is 24.9 Å². The van der Waals surface area contributed by atoms with Crippen LogP contribution in [0.2, 0.25) is 0 Å². The zero-order valence-electron chi connectivity index (χ0n) is 16.2. The van der Waals surface area contributed by atoms with Crippen molar-refractivity contribution in [1.82, 2.24) is 9.97 Å². The van der Waals surface area contributed by atoms with Gasteiger partial charge in [-0.1, -0.05) is 24.3 Å². The molecular formula is C22H28N4OS. The molecular weight excluding hydrogens is 368 g/mol. The van der Waals surface area contributed by atoms with E-state index >= 15 is 0 Å². The number of aromatic nitrogens is 2. The average Bonchev–Trinajstić information content (AvgIpc) is 3.53. The Bertz CT molecular complexity index is 861. The fourth-order valence-corrected chi connectivity index (χ4v) is 5.84. The van der Waals surface area contributed by atoms with Gasteiger partial charge in [-0.15, -0.1) is 11.8 Å². The largest absolute Gasteiger partial charge is 0.390 e. The number of nitrogens with two attached hydrogens (primary N) is 1. The minimum absolute atomic E-state index is 0.0627. The minimum atomic E-state index is -0.0627. The molecule has 6 heteroatoms. The third-order valence-corrected chi connectivity index (χ3v) is 7.90. The summed E-state index contributed by atoms with van der Waals surface area (Å²) in [6, 6.07) is 8.75. The molecule has 5 rings (SSSR count). The first kappa shape index (κ1) is 18.4. The lowest BCUT2D eigenvalue weighted by atomic mass is 9.73. The Kier molecular flexibility index (Phi) is 4.81. The highest BCUT2D eigenvalue weighted by Gasteiger charge is 2.46. The van der Waals surface area contributed by atoms with Gasteiger partial charge in [-0.05, 0) is 54.6 Å². The molecule has 0 radical (unpaired) electrons. The summed E-state index contributed by atoms with van der Waals surface area (Å²) in [5, 5.41) is 10.8. The highest BCUT2D eigenvalue weighted by molar-refractivity contribution is 7.99. The summed E-state index contributed by atoms with van der Waals surface area (Å²) in [7, 11) is 0. The molecule has 0 unspecified atom stereocenters. The van der Waals surface area contributed by atoms with Crippen LogP contribution in [0.5, 0.6) is 0 Å². The summed E-state index contributed by atoms with van der Waals surface area (Å²) in [6.45, 7) is 1.77. The molecule has 1 spiro atoms. The molecule has 3 aliphatic rings. The number of aliphatic hydroxyl groups excluding tert-OH is 1. The summed E-state index contributed by atoms with van der Waals surface area (Å²) in [5.74, 6) is 2.81. The van der Waals surface area contributed by atoms with Crippen LogP contribution >= 0.6 is 11.8 Å². The minimum Gasteiger partial charge on any atom is -0.390 e. The van der Waals surface area contributed by atoms with Crippen LogP contribution in [-0.2, 0) is 13.0 Å². The molecule has 28 heavy (non-hydrogen) atoms. The Morgan fingerprint density at radius 3 is 2.71 bits per heavy atom. The van der Waals surface area contributed by atoms with Crippen molar-refractivity contribution in [2.45, 2.75) is 49.8 Å². The number of thioether (sulfide) groups is 1. The SMILES string of the molecule is N[C@@H]1c2ccccc2CC12CCN(c1ncc(SCC3CC3)nc1CO)CC2. The van der Waals surface area contributed by atoms with Crippen LogP contribution < -0.4 is 10.6 Å². The molecule has 2 aliphatic carbocycles. The maximum Gasteiger partial charge on any atom is 0.152 e. The lowest BCUT2D eigenvalue weighted by Gasteiger charge is -2.42. The summed E-state index contributed by atoms with van der Waals surface area (Å²) >= 11 is 1.76. The summed E-state index contributed by atoms with van der Waals surface area (Å²) in [6.07, 6.45) is 7.73. The van der Waals surface area contributed by atoms with E-state index in [1.807, 2.05) is 6.20 Å². The van der Waals surface area contributed by atoms with E-state index < -0.39 is 0 Å². The van der Waals surface area contributed by atoms with E-state index in [1.165, 1.54) is 24.0 Å². The Labute approximate surface area is 170 Å². The second-order valence-electron chi connectivity index (χ2n) is 8.59. The number of fused-ring (bicyclic) bond motifs is 1. The van der Waals surface area contributed by atoms with E-state index in [2.05, 4.69) is 34.1 Å². The molecule has 1 atom stereocenters. The molecule has 1 saturated carbocycles. The van der Waals surface area contributed by atoms with Crippen LogP contribution in [0.1, 0.15) is 48.5 Å². The highest BCUT2D eigenvalue weighted by atomic mass is 32.2. The van der Waals surface area contributed by atoms with Gasteiger partial charge in [0.2, 0.25) is 0 Å². The van der Waals surface area contributed by atoms with Crippen LogP contribution in [0.4, 0.5) is 5.82 Å². The first-order chi connectivity index (χ1) is 13.7. The smallest absolute Gasteiger partial charge is 0.152 e. The Morgan fingerprint density at radius 2 is 2.00 bits per heavy atom. The predicted octanol–water partition coefficient (Wildman–Crippen LogP) is 3.31. The van der Waals surface area contributed by atoms with Gasteiger partial charge in [0.15, 0.2) is 5.82 Å². The third kappa shape index (κ3) is 3.31. The molecule has 3 N–H and O–H groups in total. The Morgan fingerprint density at radius 1 is 1.21 bits per heavy atom. The molecule has 5 nitrogen and oxygen atoms in total. The van der Waals surface area contributed by atoms with Crippen molar-refractivity contribution in [2.75, 3.05) is 23.7 Å². The van der Waals surface area contributed by atoms with Gasteiger partial charge < -0.3 is 15.7 Å². The first-order valence-corrected chi connectivity index (χ1v) is 11.3. The molecule has 148 valence electrons. The number of anilines is 1. The zero-order valence-corrected chi connectivity index (χ0v) is 17.0. The van der Waals surface area contributed by atoms with Crippen molar-refractivity contribution in [1.29, 1.82) is 0 Å². The van der Waals surface area contributed by atoms with Gasteiger partial charge >= 0.3 is 0 Å². The molecule has 1 aromatic carbocycles. The Balaban J connectivity index is 1.29. The van der Waals surface area contributed by atoms with Gasteiger partial charge in [0.25, 0.3) is 0 Å². The quantitative estimate of drug-likeness (QED) is 0.755. The van der Waals surface area contributed by atoms with Crippen molar-refractivity contribution in [3.63, 3.8) is 0 Å². The second kappa shape index (κ2) is 7.32. The number of piperidine rings is 1. The van der Waals surface area contributed by atoms with E-state index in [0.29, 0.717) is 5.69 Å². The van der Waals surface area contributed by atoms with Gasteiger partial charge in [-0.25, -0.2) is 9.97 Å². The van der Waals surface area contributed by atoms with Gasteiger partial charge in [0.05, 0.1) is 12.8 Å². The van der Waals surface area contributed by atoms with Crippen molar-refractivity contribution in [3.05, 3.63) is 47.3 Å². The van der Waals surface area contributed by atoms with Crippen molar-refractivity contribution in [2.24, 2.45) is 17.1 Å². The maximum atomic E-state index is 9.87. The molecule has 2 aromatic rings. The molecule has 2 heterocycles. The van der Waals surface area contributed by atoms with Gasteiger partial charge in [-0.2, -0.15) is 0 Å². The number of aliphatic hydroxyl groups is 1. The second-order valence-corrected chi connectivity index (χ2v) is 9.63. The average molecular weight is 397 g/mol. The zero-order chi connectivity index (χ0) is 19.1. The molecule has 0 amide bonds. The van der Waals surface area contributed by atoms with Crippen LogP contribution in [0.15, 0.2) is 35.5 Å². The van der Waals surface area contributed by atoms with Crippen LogP contribution in [0.25, 0.3) is 0 Å². The molecule has 1 saturated heterocycles. The van der Waals surface area contributed by atoms with E-state index in [-0.39, 0.29) is 18.1 Å². The van der Waals surface area contributed by atoms with E-state index in [1.54, 1.807) is 11.8 Å². The summed E-state index contributed by atoms with van der Waals surface area (Å²) < 4.78 is 0. The lowest BCUT2D eigenvalue weighted by Crippen LogP contribution is -2.45. The third-order valence-electron chi connectivity index (χ3n) is 6.77. The Hall–Kier alpha value is -1.63. The van der Waals surface area contributed by atoms with Crippen LogP contribution in [0.3, 0.4) is 0 Å². The highest BCUT2D eigenvalue weighted by Crippen LogP contribution is 2.51. The van der Waals surface area contributed by atoms with Gasteiger partial charge in [-0.3, -0.25) is 0 Å². The molecule has 1 aliphatic heterocycles. The van der Waals surface area contributed by atoms with E-state index in [4.69, 9.17) is 10.7 Å². The number of nitrogens with zero attached hydrogens (tertiary/aromatic N) is 3. The first-order valence-electron chi connectivity index (χ1n) is 10.4. The van der Waals surface area contributed by atoms with E-state index in [0.717, 1.165) is 54.9 Å². The normalized spacial score (nSPS) is 23.2. The topological polar surface area (TPSA) is 75.3 Å². The maximum absolute atomic E-state index is 9.87. The summed E-state index contributed by atoms with van der Waals surface area (Å²) in [4.78, 5) is 11.7. The number of benzene rings is 1. The van der Waals surface area contributed by atoms with Crippen molar-refractivity contribution < 1.29 is 5.11 Å². The van der Waals surface area contributed by atoms with E-state index in [9.17, 15) is 5.11 Å². The number of rotatable bonds is 5. The van der Waals surface area contributed by atoms with Crippen molar-refractivity contribution in [3.8, 4) is 0 Å². The number of hydrogen-bond acceptors (Lipinski definition) is 6. The standard InChI is InChI=1S/C22H28N4OS/c23-20-17-4-2-1-3-16(17)11-22(20)7-9-26(10-8-22)21-18(13-27)25-19(12-24-21)28-14-15-5-6-15/h1-4,12,15,20,27H,5-11,13-14,23H2/t20-/m1/s1. The lowest BCUT2D eigenvalue weighted by molar-refractivity contribution is 0.186. The molecule has 0 bridgehead atoms. The fourth-order valence-electron chi connectivity index (χ4n) is 4.80. The fraction of sp³-hybridized carbons (Fsp3) is 0.545.